The zero-order valence-corrected chi connectivity index (χ0v) is 17.3. The van der Waals surface area contributed by atoms with Gasteiger partial charge in [-0.15, -0.1) is 0 Å². The first-order valence-electron chi connectivity index (χ1n) is 9.42. The van der Waals surface area contributed by atoms with E-state index in [2.05, 4.69) is 0 Å². The monoisotopic (exact) mass is 401 g/mol. The van der Waals surface area contributed by atoms with E-state index < -0.39 is 5.97 Å². The number of hydrogen-bond donors (Lipinski definition) is 0. The first kappa shape index (κ1) is 22.1. The van der Waals surface area contributed by atoms with E-state index in [9.17, 15) is 9.59 Å². The van der Waals surface area contributed by atoms with Crippen LogP contribution in [0, 0.1) is 0 Å². The zero-order chi connectivity index (χ0) is 21.2. The Morgan fingerprint density at radius 1 is 0.931 bits per heavy atom. The second-order valence-corrected chi connectivity index (χ2v) is 6.20. The van der Waals surface area contributed by atoms with Gasteiger partial charge >= 0.3 is 5.97 Å². The third-order valence-electron chi connectivity index (χ3n) is 4.11. The standard InChI is InChI=1S/C22H27NO6/c1-5-27-18-10-7-16(8-11-18)14-23(3)21(24)15-29-22(25)17-9-12-19(26-4)20(13-17)28-6-2/h7-13H,5-6,14-15H2,1-4H3. The van der Waals surface area contributed by atoms with Crippen molar-refractivity contribution in [2.45, 2.75) is 20.4 Å². The Labute approximate surface area is 171 Å². The molecule has 0 atom stereocenters. The Balaban J connectivity index is 1.90. The summed E-state index contributed by atoms with van der Waals surface area (Å²) >= 11 is 0. The fourth-order valence-corrected chi connectivity index (χ4v) is 2.61. The van der Waals surface area contributed by atoms with Crippen LogP contribution in [-0.2, 0) is 16.1 Å². The molecule has 0 aromatic heterocycles. The first-order chi connectivity index (χ1) is 14.0. The topological polar surface area (TPSA) is 74.3 Å². The van der Waals surface area contributed by atoms with E-state index >= 15 is 0 Å². The van der Waals surface area contributed by atoms with Gasteiger partial charge in [-0.25, -0.2) is 4.79 Å². The van der Waals surface area contributed by atoms with Gasteiger partial charge in [-0.3, -0.25) is 4.79 Å². The highest BCUT2D eigenvalue weighted by atomic mass is 16.5. The molecule has 156 valence electrons. The molecule has 0 fully saturated rings. The number of hydrogen-bond acceptors (Lipinski definition) is 6. The van der Waals surface area contributed by atoms with E-state index in [-0.39, 0.29) is 18.1 Å². The molecule has 29 heavy (non-hydrogen) atoms. The minimum Gasteiger partial charge on any atom is -0.494 e. The number of methoxy groups -OCH3 is 1. The van der Waals surface area contributed by atoms with Crippen LogP contribution in [0.15, 0.2) is 42.5 Å². The summed E-state index contributed by atoms with van der Waals surface area (Å²) in [5.74, 6) is 0.852. The highest BCUT2D eigenvalue weighted by molar-refractivity contribution is 5.92. The average molecular weight is 401 g/mol. The predicted octanol–water partition coefficient (Wildman–Crippen LogP) is 3.31. The number of rotatable bonds is 10. The molecule has 2 rings (SSSR count). The average Bonchev–Trinajstić information content (AvgIpc) is 2.73. The summed E-state index contributed by atoms with van der Waals surface area (Å²) in [7, 11) is 3.18. The lowest BCUT2D eigenvalue weighted by atomic mass is 10.2. The van der Waals surface area contributed by atoms with Gasteiger partial charge in [0.1, 0.15) is 5.75 Å². The van der Waals surface area contributed by atoms with Gasteiger partial charge in [0.2, 0.25) is 0 Å². The van der Waals surface area contributed by atoms with Crippen molar-refractivity contribution >= 4 is 11.9 Å². The summed E-state index contributed by atoms with van der Waals surface area (Å²) in [5, 5.41) is 0. The van der Waals surface area contributed by atoms with E-state index in [1.807, 2.05) is 38.1 Å². The molecular weight excluding hydrogens is 374 g/mol. The van der Waals surface area contributed by atoms with Crippen LogP contribution >= 0.6 is 0 Å². The maximum atomic E-state index is 12.3. The zero-order valence-electron chi connectivity index (χ0n) is 17.3. The van der Waals surface area contributed by atoms with Crippen molar-refractivity contribution < 1.29 is 28.5 Å². The Bertz CT molecular complexity index is 819. The second-order valence-electron chi connectivity index (χ2n) is 6.20. The number of benzene rings is 2. The van der Waals surface area contributed by atoms with Crippen LogP contribution in [0.25, 0.3) is 0 Å². The summed E-state index contributed by atoms with van der Waals surface area (Å²) in [6, 6.07) is 12.2. The molecule has 0 aliphatic heterocycles. The lowest BCUT2D eigenvalue weighted by Gasteiger charge is -2.17. The SMILES string of the molecule is CCOc1ccc(CN(C)C(=O)COC(=O)c2ccc(OC)c(OCC)c2)cc1. The fraction of sp³-hybridized carbons (Fsp3) is 0.364. The largest absolute Gasteiger partial charge is 0.494 e. The number of likely N-dealkylation sites (N-methyl/N-ethyl adjacent to an activating group) is 1. The van der Waals surface area contributed by atoms with Gasteiger partial charge in [-0.2, -0.15) is 0 Å². The smallest absolute Gasteiger partial charge is 0.338 e. The molecule has 2 aromatic carbocycles. The summed E-state index contributed by atoms with van der Waals surface area (Å²) in [6.07, 6.45) is 0. The molecule has 0 aliphatic carbocycles. The van der Waals surface area contributed by atoms with Crippen molar-refractivity contribution in [3.05, 3.63) is 53.6 Å². The molecule has 0 radical (unpaired) electrons. The molecule has 7 nitrogen and oxygen atoms in total. The van der Waals surface area contributed by atoms with Crippen LogP contribution in [0.5, 0.6) is 17.2 Å². The van der Waals surface area contributed by atoms with Gasteiger partial charge in [0.25, 0.3) is 5.91 Å². The summed E-state index contributed by atoms with van der Waals surface area (Å²) < 4.78 is 21.2. The normalized spacial score (nSPS) is 10.2. The van der Waals surface area contributed by atoms with Gasteiger partial charge in [-0.05, 0) is 49.7 Å². The molecule has 7 heteroatoms. The van der Waals surface area contributed by atoms with Crippen LogP contribution in [0.1, 0.15) is 29.8 Å². The second kappa shape index (κ2) is 10.9. The predicted molar refractivity (Wildman–Crippen MR) is 109 cm³/mol. The lowest BCUT2D eigenvalue weighted by molar-refractivity contribution is -0.133. The van der Waals surface area contributed by atoms with Crippen LogP contribution < -0.4 is 14.2 Å². The van der Waals surface area contributed by atoms with E-state index in [4.69, 9.17) is 18.9 Å². The van der Waals surface area contributed by atoms with Crippen molar-refractivity contribution in [2.75, 3.05) is 34.0 Å². The van der Waals surface area contributed by atoms with Crippen LogP contribution in [0.3, 0.4) is 0 Å². The van der Waals surface area contributed by atoms with E-state index in [1.54, 1.807) is 25.2 Å². The molecule has 0 aliphatic rings. The molecule has 0 bridgehead atoms. The highest BCUT2D eigenvalue weighted by Crippen LogP contribution is 2.28. The van der Waals surface area contributed by atoms with Gasteiger partial charge in [0.15, 0.2) is 18.1 Å². The molecular formula is C22H27NO6. The first-order valence-corrected chi connectivity index (χ1v) is 9.42. The molecule has 0 saturated heterocycles. The lowest BCUT2D eigenvalue weighted by Crippen LogP contribution is -2.30. The van der Waals surface area contributed by atoms with Crippen molar-refractivity contribution in [3.8, 4) is 17.2 Å². The number of carbonyl (C=O) groups is 2. The van der Waals surface area contributed by atoms with Crippen molar-refractivity contribution in [3.63, 3.8) is 0 Å². The molecule has 1 amide bonds. The Hall–Kier alpha value is -3.22. The van der Waals surface area contributed by atoms with Gasteiger partial charge < -0.3 is 23.8 Å². The molecule has 0 heterocycles. The Kier molecular flexibility index (Phi) is 8.33. The summed E-state index contributed by atoms with van der Waals surface area (Å²) in [6.45, 7) is 4.85. The number of carbonyl (C=O) groups excluding carboxylic acids is 2. The van der Waals surface area contributed by atoms with E-state index in [0.29, 0.717) is 31.3 Å². The van der Waals surface area contributed by atoms with Crippen molar-refractivity contribution in [1.82, 2.24) is 4.90 Å². The number of nitrogens with zero attached hydrogens (tertiary/aromatic N) is 1. The van der Waals surface area contributed by atoms with Crippen LogP contribution in [0.4, 0.5) is 0 Å². The number of amides is 1. The quantitative estimate of drug-likeness (QED) is 0.569. The minimum atomic E-state index is -0.601. The number of esters is 1. The van der Waals surface area contributed by atoms with Gasteiger partial charge in [0, 0.05) is 13.6 Å². The summed E-state index contributed by atoms with van der Waals surface area (Å²) in [5.41, 5.74) is 1.24. The number of ether oxygens (including phenoxy) is 4. The molecule has 0 spiro atoms. The minimum absolute atomic E-state index is 0.288. The van der Waals surface area contributed by atoms with Gasteiger partial charge in [-0.1, -0.05) is 12.1 Å². The third-order valence-corrected chi connectivity index (χ3v) is 4.11. The van der Waals surface area contributed by atoms with Crippen LogP contribution in [0.2, 0.25) is 0 Å². The molecule has 0 unspecified atom stereocenters. The van der Waals surface area contributed by atoms with E-state index in [0.717, 1.165) is 11.3 Å². The third kappa shape index (κ3) is 6.41. The maximum absolute atomic E-state index is 12.3. The molecule has 0 N–H and O–H groups in total. The van der Waals surface area contributed by atoms with Crippen molar-refractivity contribution in [1.29, 1.82) is 0 Å². The fourth-order valence-electron chi connectivity index (χ4n) is 2.61. The van der Waals surface area contributed by atoms with E-state index in [1.165, 1.54) is 12.0 Å². The van der Waals surface area contributed by atoms with Crippen molar-refractivity contribution in [2.24, 2.45) is 0 Å². The van der Waals surface area contributed by atoms with Gasteiger partial charge in [0.05, 0.1) is 25.9 Å². The molecule has 2 aromatic rings. The maximum Gasteiger partial charge on any atom is 0.338 e. The summed E-state index contributed by atoms with van der Waals surface area (Å²) in [4.78, 5) is 26.1. The van der Waals surface area contributed by atoms with Crippen LogP contribution in [-0.4, -0.2) is 50.8 Å². The Morgan fingerprint density at radius 2 is 1.62 bits per heavy atom. The Morgan fingerprint density at radius 3 is 2.24 bits per heavy atom. The highest BCUT2D eigenvalue weighted by Gasteiger charge is 2.16. The molecule has 0 saturated carbocycles.